The molecule has 3 amide bonds. The molecule has 25 heavy (non-hydrogen) atoms. The predicted molar refractivity (Wildman–Crippen MR) is 97.1 cm³/mol. The molecule has 0 saturated heterocycles. The lowest BCUT2D eigenvalue weighted by Crippen LogP contribution is -2.43. The number of urea groups is 1. The van der Waals surface area contributed by atoms with E-state index in [9.17, 15) is 14.4 Å². The summed E-state index contributed by atoms with van der Waals surface area (Å²) in [5, 5.41) is 17.0. The van der Waals surface area contributed by atoms with Gasteiger partial charge in [-0.1, -0.05) is 18.5 Å². The Labute approximate surface area is 152 Å². The van der Waals surface area contributed by atoms with Gasteiger partial charge in [0.1, 0.15) is 0 Å². The van der Waals surface area contributed by atoms with Crippen molar-refractivity contribution in [2.75, 3.05) is 11.9 Å². The highest BCUT2D eigenvalue weighted by molar-refractivity contribution is 6.34. The Morgan fingerprint density at radius 2 is 1.88 bits per heavy atom. The first-order chi connectivity index (χ1) is 11.5. The van der Waals surface area contributed by atoms with E-state index < -0.39 is 23.4 Å². The standard InChI is InChI=1S/C17H24ClN3O4/c1-10(7-14(22)23)9-19-15(24)12-8-11(5-6-13(12)18)20-16(25)21-17(2,3)4/h5-6,8,10H,7,9H2,1-4H3,(H,19,24)(H,22,23)(H2,20,21,25). The summed E-state index contributed by atoms with van der Waals surface area (Å²) < 4.78 is 0. The zero-order valence-corrected chi connectivity index (χ0v) is 15.5. The van der Waals surface area contributed by atoms with Crippen molar-refractivity contribution < 1.29 is 19.5 Å². The number of carboxylic acids is 1. The second-order valence-electron chi connectivity index (χ2n) is 6.94. The van der Waals surface area contributed by atoms with Crippen LogP contribution in [-0.4, -0.2) is 35.1 Å². The molecule has 0 aromatic heterocycles. The molecule has 1 unspecified atom stereocenters. The van der Waals surface area contributed by atoms with Gasteiger partial charge in [-0.3, -0.25) is 9.59 Å². The average molecular weight is 370 g/mol. The molecule has 1 aromatic carbocycles. The Bertz CT molecular complexity index is 656. The van der Waals surface area contributed by atoms with Gasteiger partial charge >= 0.3 is 12.0 Å². The summed E-state index contributed by atoms with van der Waals surface area (Å²) in [5.41, 5.74) is 0.240. The fraction of sp³-hybridized carbons (Fsp3) is 0.471. The number of hydrogen-bond acceptors (Lipinski definition) is 3. The molecule has 138 valence electrons. The van der Waals surface area contributed by atoms with E-state index in [1.807, 2.05) is 20.8 Å². The highest BCUT2D eigenvalue weighted by atomic mass is 35.5. The second kappa shape index (κ2) is 8.71. The maximum absolute atomic E-state index is 12.3. The van der Waals surface area contributed by atoms with Crippen LogP contribution in [0.25, 0.3) is 0 Å². The zero-order valence-electron chi connectivity index (χ0n) is 14.8. The fourth-order valence-corrected chi connectivity index (χ4v) is 2.22. The summed E-state index contributed by atoms with van der Waals surface area (Å²) in [6.07, 6.45) is -0.0391. The smallest absolute Gasteiger partial charge is 0.319 e. The van der Waals surface area contributed by atoms with Crippen molar-refractivity contribution in [3.63, 3.8) is 0 Å². The van der Waals surface area contributed by atoms with Crippen LogP contribution in [0.15, 0.2) is 18.2 Å². The highest BCUT2D eigenvalue weighted by Crippen LogP contribution is 2.21. The summed E-state index contributed by atoms with van der Waals surface area (Å²) in [4.78, 5) is 34.8. The number of carbonyl (C=O) groups is 3. The summed E-state index contributed by atoms with van der Waals surface area (Å²) in [7, 11) is 0. The first kappa shape index (κ1) is 20.8. The number of carbonyl (C=O) groups excluding carboxylic acids is 2. The van der Waals surface area contributed by atoms with Crippen LogP contribution >= 0.6 is 11.6 Å². The van der Waals surface area contributed by atoms with Crippen LogP contribution in [0.1, 0.15) is 44.5 Å². The molecule has 0 bridgehead atoms. The number of amides is 3. The predicted octanol–water partition coefficient (Wildman–Crippen LogP) is 3.10. The number of nitrogens with one attached hydrogen (secondary N) is 3. The second-order valence-corrected chi connectivity index (χ2v) is 7.34. The fourth-order valence-electron chi connectivity index (χ4n) is 2.01. The maximum Gasteiger partial charge on any atom is 0.319 e. The van der Waals surface area contributed by atoms with Crippen molar-refractivity contribution in [2.24, 2.45) is 5.92 Å². The molecule has 4 N–H and O–H groups in total. The number of anilines is 1. The van der Waals surface area contributed by atoms with Gasteiger partial charge in [0.15, 0.2) is 0 Å². The third-order valence-corrected chi connectivity index (χ3v) is 3.42. The van der Waals surface area contributed by atoms with Crippen LogP contribution in [0.3, 0.4) is 0 Å². The molecule has 0 aliphatic carbocycles. The number of benzene rings is 1. The minimum atomic E-state index is -0.921. The van der Waals surface area contributed by atoms with Crippen molar-refractivity contribution in [3.05, 3.63) is 28.8 Å². The number of aliphatic carboxylic acids is 1. The van der Waals surface area contributed by atoms with Crippen molar-refractivity contribution in [1.82, 2.24) is 10.6 Å². The molecule has 8 heteroatoms. The molecule has 7 nitrogen and oxygen atoms in total. The molecule has 1 rings (SSSR count). The summed E-state index contributed by atoms with van der Waals surface area (Å²) in [6, 6.07) is 4.19. The molecule has 0 radical (unpaired) electrons. The Morgan fingerprint density at radius 1 is 1.24 bits per heavy atom. The van der Waals surface area contributed by atoms with Crippen molar-refractivity contribution in [3.8, 4) is 0 Å². The molecule has 0 aliphatic rings. The lowest BCUT2D eigenvalue weighted by molar-refractivity contribution is -0.137. The summed E-state index contributed by atoms with van der Waals surface area (Å²) in [5.74, 6) is -1.56. The zero-order chi connectivity index (χ0) is 19.2. The van der Waals surface area contributed by atoms with Gasteiger partial charge in [-0.25, -0.2) is 4.79 Å². The Hall–Kier alpha value is -2.28. The highest BCUT2D eigenvalue weighted by Gasteiger charge is 2.16. The van der Waals surface area contributed by atoms with Crippen molar-refractivity contribution in [1.29, 1.82) is 0 Å². The topological polar surface area (TPSA) is 108 Å². The van der Waals surface area contributed by atoms with Crippen LogP contribution in [0.5, 0.6) is 0 Å². The lowest BCUT2D eigenvalue weighted by Gasteiger charge is -2.21. The van der Waals surface area contributed by atoms with E-state index in [4.69, 9.17) is 16.7 Å². The number of hydrogen-bond donors (Lipinski definition) is 4. The first-order valence-electron chi connectivity index (χ1n) is 7.86. The van der Waals surface area contributed by atoms with E-state index in [0.29, 0.717) is 5.69 Å². The molecule has 0 saturated carbocycles. The molecular weight excluding hydrogens is 346 g/mol. The third-order valence-electron chi connectivity index (χ3n) is 3.09. The van der Waals surface area contributed by atoms with Gasteiger partial charge in [-0.2, -0.15) is 0 Å². The number of carboxylic acid groups (broad SMARTS) is 1. The van der Waals surface area contributed by atoms with Crippen LogP contribution in [0, 0.1) is 5.92 Å². The monoisotopic (exact) mass is 369 g/mol. The maximum atomic E-state index is 12.3. The average Bonchev–Trinajstić information content (AvgIpc) is 2.44. The van der Waals surface area contributed by atoms with Gasteiger partial charge in [0.25, 0.3) is 5.91 Å². The molecule has 0 fully saturated rings. The summed E-state index contributed by atoms with van der Waals surface area (Å²) >= 11 is 6.05. The SMILES string of the molecule is CC(CNC(=O)c1cc(NC(=O)NC(C)(C)C)ccc1Cl)CC(=O)O. The van der Waals surface area contributed by atoms with Gasteiger partial charge in [-0.15, -0.1) is 0 Å². The van der Waals surface area contributed by atoms with Crippen molar-refractivity contribution >= 4 is 35.2 Å². The molecule has 1 atom stereocenters. The van der Waals surface area contributed by atoms with E-state index in [0.717, 1.165) is 0 Å². The van der Waals surface area contributed by atoms with Crippen molar-refractivity contribution in [2.45, 2.75) is 39.7 Å². The Kier molecular flexibility index (Phi) is 7.23. The lowest BCUT2D eigenvalue weighted by atomic mass is 10.1. The Morgan fingerprint density at radius 3 is 2.44 bits per heavy atom. The molecular formula is C17H24ClN3O4. The van der Waals surface area contributed by atoms with E-state index in [-0.39, 0.29) is 29.5 Å². The van der Waals surface area contributed by atoms with E-state index in [2.05, 4.69) is 16.0 Å². The molecule has 1 aromatic rings. The van der Waals surface area contributed by atoms with E-state index in [1.165, 1.54) is 12.1 Å². The van der Waals surface area contributed by atoms with Gasteiger partial charge in [0.05, 0.1) is 10.6 Å². The van der Waals surface area contributed by atoms with Gasteiger partial charge in [0, 0.05) is 24.2 Å². The number of halogens is 1. The summed E-state index contributed by atoms with van der Waals surface area (Å²) in [6.45, 7) is 7.50. The minimum Gasteiger partial charge on any atom is -0.481 e. The molecule has 0 heterocycles. The minimum absolute atomic E-state index is 0.0391. The first-order valence-corrected chi connectivity index (χ1v) is 8.24. The Balaban J connectivity index is 2.75. The quantitative estimate of drug-likeness (QED) is 0.617. The largest absolute Gasteiger partial charge is 0.481 e. The van der Waals surface area contributed by atoms with Gasteiger partial charge < -0.3 is 21.1 Å². The van der Waals surface area contributed by atoms with Gasteiger partial charge in [0.2, 0.25) is 0 Å². The van der Waals surface area contributed by atoms with E-state index >= 15 is 0 Å². The molecule has 0 spiro atoms. The van der Waals surface area contributed by atoms with E-state index in [1.54, 1.807) is 13.0 Å². The van der Waals surface area contributed by atoms with Crippen LogP contribution in [-0.2, 0) is 4.79 Å². The van der Waals surface area contributed by atoms with Crippen LogP contribution < -0.4 is 16.0 Å². The number of rotatable bonds is 6. The normalized spacial score (nSPS) is 12.2. The third kappa shape index (κ3) is 7.89. The van der Waals surface area contributed by atoms with Crippen LogP contribution in [0.4, 0.5) is 10.5 Å². The van der Waals surface area contributed by atoms with Crippen LogP contribution in [0.2, 0.25) is 5.02 Å². The molecule has 0 aliphatic heterocycles. The van der Waals surface area contributed by atoms with Gasteiger partial charge in [-0.05, 0) is 44.9 Å².